The van der Waals surface area contributed by atoms with E-state index < -0.39 is 0 Å². The Morgan fingerprint density at radius 1 is 1.23 bits per heavy atom. The lowest BCUT2D eigenvalue weighted by Crippen LogP contribution is -2.35. The van der Waals surface area contributed by atoms with Crippen LogP contribution in [0.2, 0.25) is 5.02 Å². The van der Waals surface area contributed by atoms with Crippen molar-refractivity contribution < 1.29 is 9.53 Å². The third kappa shape index (κ3) is 3.09. The van der Waals surface area contributed by atoms with Crippen LogP contribution in [0, 0.1) is 0 Å². The fourth-order valence-electron chi connectivity index (χ4n) is 2.73. The molecule has 1 amide bonds. The summed E-state index contributed by atoms with van der Waals surface area (Å²) in [5.41, 5.74) is 1.72. The van der Waals surface area contributed by atoms with E-state index >= 15 is 0 Å². The lowest BCUT2D eigenvalue weighted by Gasteiger charge is -2.19. The first-order valence-electron chi connectivity index (χ1n) is 7.32. The Bertz CT molecular complexity index is 695. The van der Waals surface area contributed by atoms with Crippen molar-refractivity contribution in [3.63, 3.8) is 0 Å². The summed E-state index contributed by atoms with van der Waals surface area (Å²) in [6.45, 7) is 0. The Morgan fingerprint density at radius 3 is 2.68 bits per heavy atom. The second kappa shape index (κ2) is 6.01. The topological polar surface area (TPSA) is 38.3 Å². The van der Waals surface area contributed by atoms with E-state index in [2.05, 4.69) is 5.32 Å². The molecule has 2 aromatic rings. The smallest absolute Gasteiger partial charge is 0.225 e. The molecule has 0 saturated heterocycles. The van der Waals surface area contributed by atoms with Crippen molar-refractivity contribution in [3.8, 4) is 5.75 Å². The molecule has 3 rings (SSSR count). The van der Waals surface area contributed by atoms with Gasteiger partial charge in [-0.1, -0.05) is 41.9 Å². The zero-order chi connectivity index (χ0) is 15.6. The summed E-state index contributed by atoms with van der Waals surface area (Å²) in [5.74, 6) is 0.743. The van der Waals surface area contributed by atoms with Crippen LogP contribution >= 0.6 is 11.6 Å². The summed E-state index contributed by atoms with van der Waals surface area (Å²) in [5, 5.41) is 3.85. The highest BCUT2D eigenvalue weighted by Crippen LogP contribution is 2.46. The first kappa shape index (κ1) is 14.9. The quantitative estimate of drug-likeness (QED) is 0.913. The third-order valence-corrected chi connectivity index (χ3v) is 4.28. The van der Waals surface area contributed by atoms with Crippen molar-refractivity contribution in [2.45, 2.75) is 24.8 Å². The molecule has 0 atom stereocenters. The molecule has 1 saturated carbocycles. The van der Waals surface area contributed by atoms with Crippen LogP contribution in [-0.4, -0.2) is 13.0 Å². The number of amides is 1. The van der Waals surface area contributed by atoms with Gasteiger partial charge in [-0.25, -0.2) is 0 Å². The first-order valence-corrected chi connectivity index (χ1v) is 7.70. The monoisotopic (exact) mass is 315 g/mol. The lowest BCUT2D eigenvalue weighted by molar-refractivity contribution is -0.121. The van der Waals surface area contributed by atoms with Crippen LogP contribution in [0.4, 0.5) is 0 Å². The van der Waals surface area contributed by atoms with Crippen molar-refractivity contribution in [1.29, 1.82) is 0 Å². The highest BCUT2D eigenvalue weighted by atomic mass is 35.5. The number of ether oxygens (including phenoxy) is 1. The standard InChI is InChI=1S/C18H18ClNO2/c1-22-16-8-3-2-5-13(16)11-17(21)20-18(9-10-18)14-6-4-7-15(19)12-14/h2-8,12H,9-11H2,1H3,(H,20,21). The van der Waals surface area contributed by atoms with Crippen LogP contribution in [0.1, 0.15) is 24.0 Å². The average molecular weight is 316 g/mol. The van der Waals surface area contributed by atoms with E-state index in [4.69, 9.17) is 16.3 Å². The van der Waals surface area contributed by atoms with E-state index in [0.29, 0.717) is 11.4 Å². The molecule has 0 heterocycles. The van der Waals surface area contributed by atoms with Gasteiger partial charge in [-0.15, -0.1) is 0 Å². The van der Waals surface area contributed by atoms with Gasteiger partial charge in [-0.2, -0.15) is 0 Å². The molecular weight excluding hydrogens is 298 g/mol. The molecule has 0 unspecified atom stereocenters. The van der Waals surface area contributed by atoms with Crippen molar-refractivity contribution in [3.05, 3.63) is 64.7 Å². The molecule has 0 aliphatic heterocycles. The zero-order valence-corrected chi connectivity index (χ0v) is 13.2. The molecule has 22 heavy (non-hydrogen) atoms. The molecule has 0 radical (unpaired) electrons. The highest BCUT2D eigenvalue weighted by molar-refractivity contribution is 6.30. The molecule has 114 valence electrons. The van der Waals surface area contributed by atoms with Crippen molar-refractivity contribution in [2.75, 3.05) is 7.11 Å². The minimum Gasteiger partial charge on any atom is -0.496 e. The van der Waals surface area contributed by atoms with Gasteiger partial charge in [0.25, 0.3) is 0 Å². The van der Waals surface area contributed by atoms with Crippen LogP contribution in [0.5, 0.6) is 5.75 Å². The van der Waals surface area contributed by atoms with E-state index in [1.807, 2.05) is 48.5 Å². The minimum atomic E-state index is -0.246. The minimum absolute atomic E-state index is 0.00183. The fourth-order valence-corrected chi connectivity index (χ4v) is 2.92. The number of hydrogen-bond acceptors (Lipinski definition) is 2. The van der Waals surface area contributed by atoms with Gasteiger partial charge in [0.1, 0.15) is 5.75 Å². The number of para-hydroxylation sites is 1. The number of halogens is 1. The Hall–Kier alpha value is -2.00. The van der Waals surface area contributed by atoms with Crippen molar-refractivity contribution in [2.24, 2.45) is 0 Å². The van der Waals surface area contributed by atoms with Gasteiger partial charge in [0.2, 0.25) is 5.91 Å². The Balaban J connectivity index is 1.72. The molecule has 4 heteroatoms. The number of nitrogens with one attached hydrogen (secondary N) is 1. The van der Waals surface area contributed by atoms with Gasteiger partial charge < -0.3 is 10.1 Å². The Labute approximate surface area is 135 Å². The van der Waals surface area contributed by atoms with Gasteiger partial charge in [0.15, 0.2) is 0 Å². The number of rotatable bonds is 5. The third-order valence-electron chi connectivity index (χ3n) is 4.05. The largest absolute Gasteiger partial charge is 0.496 e. The predicted octanol–water partition coefficient (Wildman–Crippen LogP) is 3.70. The summed E-state index contributed by atoms with van der Waals surface area (Å²) in [6.07, 6.45) is 2.21. The summed E-state index contributed by atoms with van der Waals surface area (Å²) < 4.78 is 5.29. The molecule has 0 spiro atoms. The second-order valence-corrected chi connectivity index (χ2v) is 6.07. The van der Waals surface area contributed by atoms with E-state index in [-0.39, 0.29) is 11.4 Å². The molecule has 2 aromatic carbocycles. The van der Waals surface area contributed by atoms with Gasteiger partial charge in [-0.05, 0) is 36.6 Å². The van der Waals surface area contributed by atoms with E-state index in [9.17, 15) is 4.79 Å². The summed E-state index contributed by atoms with van der Waals surface area (Å²) in [6, 6.07) is 15.3. The maximum Gasteiger partial charge on any atom is 0.225 e. The summed E-state index contributed by atoms with van der Waals surface area (Å²) in [4.78, 5) is 12.4. The fraction of sp³-hybridized carbons (Fsp3) is 0.278. The van der Waals surface area contributed by atoms with Crippen LogP contribution < -0.4 is 10.1 Å². The van der Waals surface area contributed by atoms with Crippen LogP contribution in [0.25, 0.3) is 0 Å². The van der Waals surface area contributed by atoms with Crippen LogP contribution in [-0.2, 0) is 16.8 Å². The number of benzene rings is 2. The van der Waals surface area contributed by atoms with Gasteiger partial charge in [-0.3, -0.25) is 4.79 Å². The molecule has 0 bridgehead atoms. The number of hydrogen-bond donors (Lipinski definition) is 1. The van der Waals surface area contributed by atoms with E-state index in [1.54, 1.807) is 7.11 Å². The van der Waals surface area contributed by atoms with Crippen LogP contribution in [0.3, 0.4) is 0 Å². The SMILES string of the molecule is COc1ccccc1CC(=O)NC1(c2cccc(Cl)c2)CC1. The first-order chi connectivity index (χ1) is 10.6. The van der Waals surface area contributed by atoms with E-state index in [0.717, 1.165) is 29.7 Å². The number of methoxy groups -OCH3 is 1. The normalized spacial score (nSPS) is 15.2. The molecule has 1 fully saturated rings. The van der Waals surface area contributed by atoms with Crippen LogP contribution in [0.15, 0.2) is 48.5 Å². The van der Waals surface area contributed by atoms with Gasteiger partial charge in [0, 0.05) is 10.6 Å². The maximum atomic E-state index is 12.4. The summed E-state index contributed by atoms with van der Waals surface area (Å²) >= 11 is 6.06. The molecular formula is C18H18ClNO2. The Morgan fingerprint density at radius 2 is 2.00 bits per heavy atom. The molecule has 3 nitrogen and oxygen atoms in total. The lowest BCUT2D eigenvalue weighted by atomic mass is 10.0. The average Bonchev–Trinajstić information content (AvgIpc) is 3.28. The second-order valence-electron chi connectivity index (χ2n) is 5.63. The molecule has 1 aliphatic carbocycles. The predicted molar refractivity (Wildman–Crippen MR) is 87.2 cm³/mol. The zero-order valence-electron chi connectivity index (χ0n) is 12.4. The van der Waals surface area contributed by atoms with Crippen molar-refractivity contribution >= 4 is 17.5 Å². The molecule has 1 aliphatic rings. The molecule has 0 aromatic heterocycles. The van der Waals surface area contributed by atoms with Gasteiger partial charge in [0.05, 0.1) is 19.1 Å². The molecule has 1 N–H and O–H groups in total. The van der Waals surface area contributed by atoms with E-state index in [1.165, 1.54) is 0 Å². The number of carbonyl (C=O) groups is 1. The number of carbonyl (C=O) groups excluding carboxylic acids is 1. The maximum absolute atomic E-state index is 12.4. The van der Waals surface area contributed by atoms with Crippen molar-refractivity contribution in [1.82, 2.24) is 5.32 Å². The summed E-state index contributed by atoms with van der Waals surface area (Å²) in [7, 11) is 1.62. The van der Waals surface area contributed by atoms with Gasteiger partial charge >= 0.3 is 0 Å². The Kier molecular flexibility index (Phi) is 4.08. The highest BCUT2D eigenvalue weighted by Gasteiger charge is 2.45.